The molecular formula is C35H38N4O6. The molecule has 3 N–H and O–H groups in total. The summed E-state index contributed by atoms with van der Waals surface area (Å²) in [5, 5.41) is 4.38. The van der Waals surface area contributed by atoms with Crippen LogP contribution in [0.15, 0.2) is 58.3 Å². The van der Waals surface area contributed by atoms with Crippen LogP contribution in [0.25, 0.3) is 18.2 Å². The maximum Gasteiger partial charge on any atom is 0.305 e. The zero-order chi connectivity index (χ0) is 33.0. The van der Waals surface area contributed by atoms with Gasteiger partial charge in [-0.05, 0) is 86.6 Å². The quantitative estimate of drug-likeness (QED) is 0.334. The van der Waals surface area contributed by atoms with Crippen LogP contribution in [0.2, 0.25) is 0 Å². The molecule has 0 aromatic carbocycles. The fourth-order valence-electron chi connectivity index (χ4n) is 5.54. The number of esters is 2. The molecule has 0 aliphatic carbocycles. The van der Waals surface area contributed by atoms with Crippen molar-refractivity contribution in [3.63, 3.8) is 0 Å². The van der Waals surface area contributed by atoms with E-state index in [-0.39, 0.29) is 36.6 Å². The van der Waals surface area contributed by atoms with Gasteiger partial charge in [-0.2, -0.15) is 0 Å². The average molecular weight is 611 g/mol. The van der Waals surface area contributed by atoms with E-state index in [1.54, 1.807) is 13.0 Å². The van der Waals surface area contributed by atoms with Crippen LogP contribution >= 0.6 is 0 Å². The van der Waals surface area contributed by atoms with Crippen molar-refractivity contribution < 1.29 is 28.7 Å². The standard InChI is InChI=1S/C35H38N4O6/c1-9-22-21(6)34(42)39-29(22)16-27-20(5)25(12-14-33(41)45-8)31(37-27)17-30-24(11-13-32(40)44-7)19(4)26(36-30)15-28-18(3)23(10-2)35(43)38-28/h9-10,15-17,36-37H,1-2,11-14H2,3-8H3,(H,39,42)/b26-15-,29-16+,30-17+. The molecule has 0 saturated carbocycles. The van der Waals surface area contributed by atoms with Gasteiger partial charge in [0.15, 0.2) is 0 Å². The summed E-state index contributed by atoms with van der Waals surface area (Å²) in [4.78, 5) is 60.1. The Labute approximate surface area is 261 Å². The Bertz CT molecular complexity index is 1890. The van der Waals surface area contributed by atoms with E-state index in [2.05, 4.69) is 33.4 Å². The number of nitrogens with zero attached hydrogens (tertiary/aromatic N) is 1. The second kappa shape index (κ2) is 13.6. The van der Waals surface area contributed by atoms with Crippen molar-refractivity contribution in [1.29, 1.82) is 0 Å². The maximum absolute atomic E-state index is 12.4. The Hall–Kier alpha value is -5.25. The molecule has 2 amide bonds. The van der Waals surface area contributed by atoms with Crippen molar-refractivity contribution >= 4 is 47.7 Å². The van der Waals surface area contributed by atoms with Crippen molar-refractivity contribution in [3.8, 4) is 0 Å². The van der Waals surface area contributed by atoms with Gasteiger partial charge in [0.05, 0.1) is 25.6 Å². The molecule has 0 atom stereocenters. The highest BCUT2D eigenvalue weighted by molar-refractivity contribution is 6.31. The van der Waals surface area contributed by atoms with Crippen molar-refractivity contribution in [1.82, 2.24) is 15.3 Å². The van der Waals surface area contributed by atoms with Gasteiger partial charge in [-0.3, -0.25) is 19.2 Å². The minimum atomic E-state index is -0.337. The first kappa shape index (κ1) is 32.7. The van der Waals surface area contributed by atoms with Crippen molar-refractivity contribution in [2.45, 2.75) is 53.4 Å². The molecule has 10 nitrogen and oxygen atoms in total. The number of carbonyl (C=O) groups is 4. The van der Waals surface area contributed by atoms with Crippen LogP contribution in [0.5, 0.6) is 0 Å². The van der Waals surface area contributed by atoms with Crippen molar-refractivity contribution in [3.05, 3.63) is 97.6 Å². The van der Waals surface area contributed by atoms with E-state index in [1.165, 1.54) is 20.3 Å². The van der Waals surface area contributed by atoms with Crippen LogP contribution < -0.4 is 16.0 Å². The van der Waals surface area contributed by atoms with E-state index in [4.69, 9.17) is 9.47 Å². The first-order chi connectivity index (χ1) is 21.4. The number of hydrogen-bond donors (Lipinski definition) is 3. The van der Waals surface area contributed by atoms with Gasteiger partial charge >= 0.3 is 11.9 Å². The van der Waals surface area contributed by atoms with E-state index in [9.17, 15) is 19.2 Å². The highest BCUT2D eigenvalue weighted by Crippen LogP contribution is 2.27. The largest absolute Gasteiger partial charge is 0.469 e. The lowest BCUT2D eigenvalue weighted by atomic mass is 10.0. The van der Waals surface area contributed by atoms with Gasteiger partial charge in [0.1, 0.15) is 0 Å². The summed E-state index contributed by atoms with van der Waals surface area (Å²) in [6.07, 6.45) is 9.92. The highest BCUT2D eigenvalue weighted by atomic mass is 16.5. The molecule has 0 spiro atoms. The second-order valence-corrected chi connectivity index (χ2v) is 10.9. The molecule has 2 aliphatic heterocycles. The number of carbonyl (C=O) groups excluding carboxylic acids is 4. The van der Waals surface area contributed by atoms with Crippen LogP contribution in [0, 0.1) is 13.8 Å². The van der Waals surface area contributed by atoms with E-state index in [0.29, 0.717) is 35.4 Å². The lowest BCUT2D eigenvalue weighted by Crippen LogP contribution is -2.15. The number of hydrogen-bond acceptors (Lipinski definition) is 6. The molecule has 2 aromatic heterocycles. The van der Waals surface area contributed by atoms with Crippen LogP contribution in [0.1, 0.15) is 60.3 Å². The lowest BCUT2D eigenvalue weighted by Gasteiger charge is -2.04. The van der Waals surface area contributed by atoms with Gasteiger partial charge in [-0.1, -0.05) is 25.3 Å². The minimum absolute atomic E-state index is 0.167. The summed E-state index contributed by atoms with van der Waals surface area (Å²) in [5.41, 5.74) is 8.76. The molecule has 0 fully saturated rings. The third kappa shape index (κ3) is 6.64. The van der Waals surface area contributed by atoms with E-state index >= 15 is 0 Å². The molecular weight excluding hydrogens is 572 g/mol. The zero-order valence-electron chi connectivity index (χ0n) is 26.5. The summed E-state index contributed by atoms with van der Waals surface area (Å²) in [7, 11) is 2.71. The first-order valence-electron chi connectivity index (χ1n) is 14.5. The number of nitrogens with one attached hydrogen (secondary N) is 3. The number of rotatable bonds is 11. The Morgan fingerprint density at radius 2 is 1.38 bits per heavy atom. The number of H-pyrrole nitrogens is 2. The molecule has 2 aliphatic rings. The topological polar surface area (TPSA) is 143 Å². The van der Waals surface area contributed by atoms with Crippen LogP contribution in [-0.4, -0.2) is 53.7 Å². The van der Waals surface area contributed by atoms with Gasteiger partial charge in [0, 0.05) is 51.6 Å². The second-order valence-electron chi connectivity index (χ2n) is 10.9. The third-order valence-electron chi connectivity index (χ3n) is 8.31. The van der Waals surface area contributed by atoms with Gasteiger partial charge in [-0.25, -0.2) is 4.99 Å². The zero-order valence-corrected chi connectivity index (χ0v) is 26.5. The first-order valence-corrected chi connectivity index (χ1v) is 14.5. The average Bonchev–Trinajstić information content (AvgIpc) is 3.66. The monoisotopic (exact) mass is 610 g/mol. The van der Waals surface area contributed by atoms with E-state index < -0.39 is 0 Å². The Balaban J connectivity index is 1.92. The summed E-state index contributed by atoms with van der Waals surface area (Å²) < 4.78 is 9.80. The van der Waals surface area contributed by atoms with E-state index in [0.717, 1.165) is 55.5 Å². The summed E-state index contributed by atoms with van der Waals surface area (Å²) in [6, 6.07) is 0. The van der Waals surface area contributed by atoms with Gasteiger partial charge < -0.3 is 24.8 Å². The number of aromatic nitrogens is 2. The molecule has 10 heteroatoms. The maximum atomic E-state index is 12.4. The smallest absolute Gasteiger partial charge is 0.305 e. The predicted octanol–water partition coefficient (Wildman–Crippen LogP) is 3.24. The van der Waals surface area contributed by atoms with Crippen molar-refractivity contribution in [2.75, 3.05) is 14.2 Å². The molecule has 234 valence electrons. The molecule has 4 heterocycles. The third-order valence-corrected chi connectivity index (χ3v) is 8.31. The fraction of sp³-hybridized carbons (Fsp3) is 0.286. The molecule has 45 heavy (non-hydrogen) atoms. The lowest BCUT2D eigenvalue weighted by molar-refractivity contribution is -0.141. The summed E-state index contributed by atoms with van der Waals surface area (Å²) >= 11 is 0. The van der Waals surface area contributed by atoms with Crippen LogP contribution in [0.4, 0.5) is 0 Å². The fourth-order valence-corrected chi connectivity index (χ4v) is 5.54. The molecule has 0 saturated heterocycles. The Morgan fingerprint density at radius 1 is 0.756 bits per heavy atom. The number of allylic oxidation sites excluding steroid dienone is 2. The highest BCUT2D eigenvalue weighted by Gasteiger charge is 2.23. The minimum Gasteiger partial charge on any atom is -0.469 e. The number of amides is 2. The van der Waals surface area contributed by atoms with Crippen LogP contribution in [-0.2, 0) is 41.5 Å². The Morgan fingerprint density at radius 3 is 1.96 bits per heavy atom. The van der Waals surface area contributed by atoms with E-state index in [1.807, 2.05) is 39.0 Å². The number of ether oxygens (including phenoxy) is 2. The normalized spacial score (nSPS) is 16.6. The SMILES string of the molecule is C=CC1=C(C)C(/C=c2\[nH]/c(=C/c3[nH]c(/C=C4/NC(=O)C(C)=C4C=C)c(C)c3CCC(=O)OC)c(CCC(=O)OC)c2C)=NC1=O. The number of aliphatic imine (C=N–C) groups is 1. The Kier molecular flexibility index (Phi) is 9.86. The predicted molar refractivity (Wildman–Crippen MR) is 173 cm³/mol. The number of methoxy groups -OCH3 is 2. The summed E-state index contributed by atoms with van der Waals surface area (Å²) in [5.74, 6) is -1.19. The molecule has 0 bridgehead atoms. The van der Waals surface area contributed by atoms with Gasteiger partial charge in [-0.15, -0.1) is 0 Å². The van der Waals surface area contributed by atoms with Crippen molar-refractivity contribution in [2.24, 2.45) is 4.99 Å². The molecule has 4 rings (SSSR count). The summed E-state index contributed by atoms with van der Waals surface area (Å²) in [6.45, 7) is 15.1. The molecule has 0 radical (unpaired) electrons. The van der Waals surface area contributed by atoms with Crippen LogP contribution in [0.3, 0.4) is 0 Å². The molecule has 0 unspecified atom stereocenters. The van der Waals surface area contributed by atoms with Gasteiger partial charge in [0.2, 0.25) is 0 Å². The van der Waals surface area contributed by atoms with Gasteiger partial charge in [0.25, 0.3) is 11.8 Å². The number of aromatic amines is 2. The molecule has 2 aromatic rings.